The van der Waals surface area contributed by atoms with E-state index in [-0.39, 0.29) is 5.15 Å². The van der Waals surface area contributed by atoms with Crippen LogP contribution in [0, 0.1) is 0 Å². The summed E-state index contributed by atoms with van der Waals surface area (Å²) >= 11 is 6.39. The topological polar surface area (TPSA) is 35.0 Å². The second-order valence-electron chi connectivity index (χ2n) is 5.69. The molecule has 4 heteroatoms. The van der Waals surface area contributed by atoms with Gasteiger partial charge < -0.3 is 4.74 Å². The van der Waals surface area contributed by atoms with Crippen molar-refractivity contribution in [2.75, 3.05) is 0 Å². The van der Waals surface area contributed by atoms with Crippen molar-refractivity contribution in [1.29, 1.82) is 0 Å². The summed E-state index contributed by atoms with van der Waals surface area (Å²) in [7, 11) is 0. The summed E-state index contributed by atoms with van der Waals surface area (Å²) in [5.41, 5.74) is 3.47. The fraction of sp³-hybridized carbons (Fsp3) is 0. The van der Waals surface area contributed by atoms with Crippen molar-refractivity contribution in [3.63, 3.8) is 0 Å². The molecule has 0 spiro atoms. The molecule has 0 bridgehead atoms. The highest BCUT2D eigenvalue weighted by Gasteiger charge is 2.20. The zero-order valence-electron chi connectivity index (χ0n) is 13.8. The molecule has 1 aromatic heterocycles. The summed E-state index contributed by atoms with van der Waals surface area (Å²) in [6.07, 6.45) is 0. The van der Waals surface area contributed by atoms with Gasteiger partial charge in [0.05, 0.1) is 5.56 Å². The molecule has 3 aromatic carbocycles. The normalized spacial score (nSPS) is 10.5. The molecule has 0 radical (unpaired) electrons. The number of hydrogen-bond acceptors (Lipinski definition) is 3. The van der Waals surface area contributed by atoms with Crippen molar-refractivity contribution in [1.82, 2.24) is 10.2 Å². The standard InChI is InChI=1S/C22H15ClN2O/c23-22-21(26-18-14-8-3-9-15-18)19(16-10-4-1-5-11-16)20(24-25-22)17-12-6-2-7-13-17/h1-15H. The van der Waals surface area contributed by atoms with Gasteiger partial charge in [0.15, 0.2) is 10.9 Å². The predicted octanol–water partition coefficient (Wildman–Crippen LogP) is 6.26. The molecule has 4 aromatic rings. The summed E-state index contributed by atoms with van der Waals surface area (Å²) in [4.78, 5) is 0. The Bertz CT molecular complexity index is 1010. The smallest absolute Gasteiger partial charge is 0.195 e. The van der Waals surface area contributed by atoms with Gasteiger partial charge in [0, 0.05) is 5.56 Å². The van der Waals surface area contributed by atoms with Gasteiger partial charge in [-0.25, -0.2) is 0 Å². The Labute approximate surface area is 156 Å². The summed E-state index contributed by atoms with van der Waals surface area (Å²) in [5, 5.41) is 8.72. The molecule has 4 rings (SSSR count). The maximum atomic E-state index is 6.39. The number of nitrogens with zero attached hydrogens (tertiary/aromatic N) is 2. The highest BCUT2D eigenvalue weighted by Crippen LogP contribution is 2.42. The minimum absolute atomic E-state index is 0.229. The van der Waals surface area contributed by atoms with Gasteiger partial charge in [0.1, 0.15) is 11.4 Å². The predicted molar refractivity (Wildman–Crippen MR) is 104 cm³/mol. The Morgan fingerprint density at radius 3 is 1.77 bits per heavy atom. The van der Waals surface area contributed by atoms with Gasteiger partial charge >= 0.3 is 0 Å². The molecule has 26 heavy (non-hydrogen) atoms. The first kappa shape index (κ1) is 16.3. The molecule has 0 unspecified atom stereocenters. The van der Waals surface area contributed by atoms with Gasteiger partial charge in [0.2, 0.25) is 0 Å². The number of benzene rings is 3. The van der Waals surface area contributed by atoms with E-state index in [0.717, 1.165) is 22.4 Å². The van der Waals surface area contributed by atoms with Crippen LogP contribution in [0.15, 0.2) is 91.0 Å². The second kappa shape index (κ2) is 7.38. The highest BCUT2D eigenvalue weighted by molar-refractivity contribution is 6.31. The van der Waals surface area contributed by atoms with Crippen LogP contribution in [0.25, 0.3) is 22.4 Å². The van der Waals surface area contributed by atoms with Crippen molar-refractivity contribution >= 4 is 11.6 Å². The average Bonchev–Trinajstić information content (AvgIpc) is 2.71. The lowest BCUT2D eigenvalue weighted by Crippen LogP contribution is -1.98. The highest BCUT2D eigenvalue weighted by atomic mass is 35.5. The third-order valence-electron chi connectivity index (χ3n) is 3.96. The van der Waals surface area contributed by atoms with E-state index < -0.39 is 0 Å². The van der Waals surface area contributed by atoms with Crippen LogP contribution in [0.2, 0.25) is 5.15 Å². The second-order valence-corrected chi connectivity index (χ2v) is 6.05. The molecule has 0 aliphatic heterocycles. The summed E-state index contributed by atoms with van der Waals surface area (Å²) in [6, 6.07) is 29.4. The average molecular weight is 359 g/mol. The molecule has 0 fully saturated rings. The Hall–Kier alpha value is -3.17. The van der Waals surface area contributed by atoms with Crippen LogP contribution in [0.3, 0.4) is 0 Å². The van der Waals surface area contributed by atoms with E-state index >= 15 is 0 Å². The van der Waals surface area contributed by atoms with E-state index in [1.807, 2.05) is 91.0 Å². The van der Waals surface area contributed by atoms with Crippen LogP contribution in [-0.2, 0) is 0 Å². The first-order chi connectivity index (χ1) is 12.8. The molecule has 0 saturated heterocycles. The van der Waals surface area contributed by atoms with E-state index in [0.29, 0.717) is 11.5 Å². The van der Waals surface area contributed by atoms with Crippen LogP contribution in [0.1, 0.15) is 0 Å². The van der Waals surface area contributed by atoms with Crippen molar-refractivity contribution < 1.29 is 4.74 Å². The monoisotopic (exact) mass is 358 g/mol. The van der Waals surface area contributed by atoms with Crippen LogP contribution >= 0.6 is 11.6 Å². The maximum Gasteiger partial charge on any atom is 0.195 e. The molecule has 1 heterocycles. The molecule has 0 atom stereocenters. The molecule has 0 aliphatic rings. The Morgan fingerprint density at radius 1 is 0.615 bits per heavy atom. The summed E-state index contributed by atoms with van der Waals surface area (Å²) in [5.74, 6) is 1.19. The SMILES string of the molecule is Clc1nnc(-c2ccccc2)c(-c2ccccc2)c1Oc1ccccc1. The quantitative estimate of drug-likeness (QED) is 0.432. The minimum Gasteiger partial charge on any atom is -0.453 e. The van der Waals surface area contributed by atoms with Crippen LogP contribution in [0.5, 0.6) is 11.5 Å². The van der Waals surface area contributed by atoms with E-state index in [9.17, 15) is 0 Å². The number of para-hydroxylation sites is 1. The Morgan fingerprint density at radius 2 is 1.15 bits per heavy atom. The molecule has 3 nitrogen and oxygen atoms in total. The molecule has 126 valence electrons. The third kappa shape index (κ3) is 3.30. The minimum atomic E-state index is 0.229. The van der Waals surface area contributed by atoms with Gasteiger partial charge in [-0.2, -0.15) is 0 Å². The third-order valence-corrected chi connectivity index (χ3v) is 4.21. The van der Waals surface area contributed by atoms with E-state index in [4.69, 9.17) is 16.3 Å². The maximum absolute atomic E-state index is 6.39. The molecule has 0 aliphatic carbocycles. The number of aromatic nitrogens is 2. The number of rotatable bonds is 4. The molecule has 0 amide bonds. The van der Waals surface area contributed by atoms with Crippen molar-refractivity contribution in [3.05, 3.63) is 96.1 Å². The zero-order chi connectivity index (χ0) is 17.8. The first-order valence-electron chi connectivity index (χ1n) is 8.23. The van der Waals surface area contributed by atoms with Gasteiger partial charge in [-0.05, 0) is 17.7 Å². The summed E-state index contributed by atoms with van der Waals surface area (Å²) < 4.78 is 6.12. The van der Waals surface area contributed by atoms with E-state index in [2.05, 4.69) is 10.2 Å². The lowest BCUT2D eigenvalue weighted by atomic mass is 9.99. The lowest BCUT2D eigenvalue weighted by Gasteiger charge is -2.15. The van der Waals surface area contributed by atoms with Gasteiger partial charge in [-0.1, -0.05) is 90.5 Å². The fourth-order valence-corrected chi connectivity index (χ4v) is 2.94. The van der Waals surface area contributed by atoms with Crippen LogP contribution in [-0.4, -0.2) is 10.2 Å². The Kier molecular flexibility index (Phi) is 4.63. The number of hydrogen-bond donors (Lipinski definition) is 0. The molecular formula is C22H15ClN2O. The van der Waals surface area contributed by atoms with Crippen LogP contribution < -0.4 is 4.74 Å². The molecule has 0 N–H and O–H groups in total. The molecular weight excluding hydrogens is 344 g/mol. The van der Waals surface area contributed by atoms with Gasteiger partial charge in [-0.3, -0.25) is 0 Å². The summed E-state index contributed by atoms with van der Waals surface area (Å²) in [6.45, 7) is 0. The number of halogens is 1. The Balaban J connectivity index is 1.95. The molecule has 0 saturated carbocycles. The first-order valence-corrected chi connectivity index (χ1v) is 8.60. The van der Waals surface area contributed by atoms with Crippen LogP contribution in [0.4, 0.5) is 0 Å². The van der Waals surface area contributed by atoms with Gasteiger partial charge in [-0.15, -0.1) is 10.2 Å². The lowest BCUT2D eigenvalue weighted by molar-refractivity contribution is 0.481. The van der Waals surface area contributed by atoms with E-state index in [1.54, 1.807) is 0 Å². The zero-order valence-corrected chi connectivity index (χ0v) is 14.6. The largest absolute Gasteiger partial charge is 0.453 e. The van der Waals surface area contributed by atoms with Crippen molar-refractivity contribution in [3.8, 4) is 33.9 Å². The fourth-order valence-electron chi connectivity index (χ4n) is 2.77. The van der Waals surface area contributed by atoms with Crippen molar-refractivity contribution in [2.24, 2.45) is 0 Å². The van der Waals surface area contributed by atoms with E-state index in [1.165, 1.54) is 0 Å². The van der Waals surface area contributed by atoms with Crippen molar-refractivity contribution in [2.45, 2.75) is 0 Å². The van der Waals surface area contributed by atoms with Gasteiger partial charge in [0.25, 0.3) is 0 Å². The number of ether oxygens (including phenoxy) is 1.